The lowest BCUT2D eigenvalue weighted by molar-refractivity contribution is 0.628. The van der Waals surface area contributed by atoms with Gasteiger partial charge in [-0.1, -0.05) is 0 Å². The molecule has 0 unspecified atom stereocenters. The number of halogens is 1. The van der Waals surface area contributed by atoms with E-state index in [1.54, 1.807) is 12.1 Å². The molecule has 3 N–H and O–H groups in total. The molecule has 23 heavy (non-hydrogen) atoms. The molecule has 0 bridgehead atoms. The fraction of sp³-hybridized carbons (Fsp3) is 0.0769. The normalized spacial score (nSPS) is 10.3. The van der Waals surface area contributed by atoms with Gasteiger partial charge < -0.3 is 11.1 Å². The third-order valence-electron chi connectivity index (χ3n) is 2.74. The smallest absolute Gasteiger partial charge is 0.252 e. The summed E-state index contributed by atoms with van der Waals surface area (Å²) in [4.78, 5) is 16.0. The molecule has 2 aromatic heterocycles. The zero-order valence-electron chi connectivity index (χ0n) is 11.7. The summed E-state index contributed by atoms with van der Waals surface area (Å²) in [5.41, 5.74) is 6.27. The third kappa shape index (κ3) is 3.53. The van der Waals surface area contributed by atoms with Gasteiger partial charge >= 0.3 is 0 Å². The van der Waals surface area contributed by atoms with Crippen molar-refractivity contribution >= 4 is 17.6 Å². The first kappa shape index (κ1) is 14.3. The lowest BCUT2D eigenvalue weighted by Gasteiger charge is -2.07. The summed E-state index contributed by atoms with van der Waals surface area (Å²) in [5, 5.41) is 15.5. The van der Waals surface area contributed by atoms with E-state index < -0.39 is 0 Å². The number of nitriles is 1. The van der Waals surface area contributed by atoms with E-state index in [4.69, 9.17) is 11.0 Å². The summed E-state index contributed by atoms with van der Waals surface area (Å²) in [6, 6.07) is 7.55. The molecule has 0 aliphatic rings. The van der Waals surface area contributed by atoms with Crippen molar-refractivity contribution in [1.29, 1.82) is 5.26 Å². The van der Waals surface area contributed by atoms with E-state index in [1.807, 2.05) is 6.07 Å². The van der Waals surface area contributed by atoms with Gasteiger partial charge in [-0.3, -0.25) is 0 Å². The first-order chi connectivity index (χ1) is 11.1. The van der Waals surface area contributed by atoms with Gasteiger partial charge in [-0.15, -0.1) is 5.10 Å². The number of anilines is 3. The minimum atomic E-state index is -0.342. The van der Waals surface area contributed by atoms with Gasteiger partial charge in [0, 0.05) is 5.69 Å². The topological polar surface area (TPSA) is 131 Å². The molecule has 2 heterocycles. The van der Waals surface area contributed by atoms with Gasteiger partial charge in [0.15, 0.2) is 5.82 Å². The quantitative estimate of drug-likeness (QED) is 0.724. The second-order valence-corrected chi connectivity index (χ2v) is 4.44. The van der Waals surface area contributed by atoms with Gasteiger partial charge in [0.25, 0.3) is 5.82 Å². The van der Waals surface area contributed by atoms with Crippen LogP contribution in [0.15, 0.2) is 30.6 Å². The Bertz CT molecular complexity index is 866. The van der Waals surface area contributed by atoms with E-state index in [9.17, 15) is 4.39 Å². The van der Waals surface area contributed by atoms with Crippen molar-refractivity contribution in [1.82, 2.24) is 29.7 Å². The number of benzene rings is 1. The fourth-order valence-corrected chi connectivity index (χ4v) is 1.79. The Morgan fingerprint density at radius 3 is 2.70 bits per heavy atom. The van der Waals surface area contributed by atoms with Crippen LogP contribution in [0.2, 0.25) is 0 Å². The maximum absolute atomic E-state index is 12.9. The van der Waals surface area contributed by atoms with Crippen LogP contribution >= 0.6 is 0 Å². The summed E-state index contributed by atoms with van der Waals surface area (Å²) >= 11 is 0. The van der Waals surface area contributed by atoms with Gasteiger partial charge in [0.1, 0.15) is 24.8 Å². The van der Waals surface area contributed by atoms with E-state index in [0.29, 0.717) is 11.5 Å². The molecule has 9 nitrogen and oxygen atoms in total. The minimum Gasteiger partial charge on any atom is -0.368 e. The Labute approximate surface area is 129 Å². The predicted octanol–water partition coefficient (Wildman–Crippen LogP) is 0.848. The standard InChI is InChI=1S/C13H10FN9/c14-8-1-3-9(4-2-8)18-13-20-11(19-12(16)21-13)6-23-7-17-10(5-15)22-23/h1-4,7H,6H2,(H3,16,18,19,20,21). The van der Waals surface area contributed by atoms with Crippen LogP contribution in [0.1, 0.15) is 11.6 Å². The number of hydrogen-bond donors (Lipinski definition) is 2. The van der Waals surface area contributed by atoms with Crippen LogP contribution in [-0.4, -0.2) is 29.7 Å². The first-order valence-corrected chi connectivity index (χ1v) is 6.45. The Hall–Kier alpha value is -3.61. The summed E-state index contributed by atoms with van der Waals surface area (Å²) in [6.07, 6.45) is 1.39. The van der Waals surface area contributed by atoms with Gasteiger partial charge in [-0.05, 0) is 24.3 Å². The fourth-order valence-electron chi connectivity index (χ4n) is 1.79. The molecule has 1 aromatic carbocycles. The number of hydrogen-bond acceptors (Lipinski definition) is 8. The van der Waals surface area contributed by atoms with Gasteiger partial charge in [0.05, 0.1) is 0 Å². The molecule has 0 fully saturated rings. The highest BCUT2D eigenvalue weighted by Crippen LogP contribution is 2.14. The molecule has 0 spiro atoms. The summed E-state index contributed by atoms with van der Waals surface area (Å²) in [7, 11) is 0. The van der Waals surface area contributed by atoms with Crippen LogP contribution in [0.25, 0.3) is 0 Å². The maximum atomic E-state index is 12.9. The monoisotopic (exact) mass is 311 g/mol. The van der Waals surface area contributed by atoms with Crippen molar-refractivity contribution in [3.8, 4) is 6.07 Å². The number of nitrogens with zero attached hydrogens (tertiary/aromatic N) is 7. The molecule has 114 valence electrons. The second-order valence-electron chi connectivity index (χ2n) is 4.44. The van der Waals surface area contributed by atoms with Crippen molar-refractivity contribution in [2.45, 2.75) is 6.54 Å². The molecule has 0 amide bonds. The molecule has 0 radical (unpaired) electrons. The van der Waals surface area contributed by atoms with E-state index >= 15 is 0 Å². The summed E-state index contributed by atoms with van der Waals surface area (Å²) in [5.74, 6) is 0.305. The van der Waals surface area contributed by atoms with Crippen molar-refractivity contribution in [3.63, 3.8) is 0 Å². The number of nitrogens with one attached hydrogen (secondary N) is 1. The highest BCUT2D eigenvalue weighted by Gasteiger charge is 2.07. The van der Waals surface area contributed by atoms with Gasteiger partial charge in [-0.25, -0.2) is 14.1 Å². The first-order valence-electron chi connectivity index (χ1n) is 6.45. The molecule has 3 aromatic rings. The van der Waals surface area contributed by atoms with Crippen molar-refractivity contribution in [2.75, 3.05) is 11.1 Å². The predicted molar refractivity (Wildman–Crippen MR) is 77.8 cm³/mol. The van der Waals surface area contributed by atoms with Gasteiger partial charge in [-0.2, -0.15) is 20.2 Å². The van der Waals surface area contributed by atoms with E-state index in [2.05, 4.69) is 30.4 Å². The lowest BCUT2D eigenvalue weighted by Crippen LogP contribution is -2.11. The van der Waals surface area contributed by atoms with Crippen molar-refractivity contribution < 1.29 is 4.39 Å². The number of rotatable bonds is 4. The van der Waals surface area contributed by atoms with Crippen molar-refractivity contribution in [3.05, 3.63) is 48.1 Å². The number of nitrogens with two attached hydrogens (primary N) is 1. The average Bonchev–Trinajstić information content (AvgIpc) is 2.96. The molecule has 0 atom stereocenters. The zero-order chi connectivity index (χ0) is 16.2. The molecule has 10 heteroatoms. The van der Waals surface area contributed by atoms with Crippen LogP contribution in [0.4, 0.5) is 22.0 Å². The van der Waals surface area contributed by atoms with E-state index in [-0.39, 0.29) is 30.1 Å². The number of aromatic nitrogens is 6. The minimum absolute atomic E-state index is 0.0280. The molecular weight excluding hydrogens is 301 g/mol. The number of nitrogen functional groups attached to an aromatic ring is 1. The molecular formula is C13H10FN9. The molecule has 0 saturated carbocycles. The Morgan fingerprint density at radius 1 is 1.22 bits per heavy atom. The SMILES string of the molecule is N#Cc1ncn(Cc2nc(N)nc(Nc3ccc(F)cc3)n2)n1. The van der Waals surface area contributed by atoms with Gasteiger partial charge in [0.2, 0.25) is 11.9 Å². The highest BCUT2D eigenvalue weighted by atomic mass is 19.1. The average molecular weight is 311 g/mol. The van der Waals surface area contributed by atoms with Crippen LogP contribution in [-0.2, 0) is 6.54 Å². The van der Waals surface area contributed by atoms with Crippen LogP contribution < -0.4 is 11.1 Å². The summed E-state index contributed by atoms with van der Waals surface area (Å²) in [6.45, 7) is 0.180. The second kappa shape index (κ2) is 6.02. The molecule has 3 rings (SSSR count). The third-order valence-corrected chi connectivity index (χ3v) is 2.74. The van der Waals surface area contributed by atoms with Crippen LogP contribution in [0.3, 0.4) is 0 Å². The Kier molecular flexibility index (Phi) is 3.75. The largest absolute Gasteiger partial charge is 0.368 e. The summed E-state index contributed by atoms with van der Waals surface area (Å²) < 4.78 is 14.3. The van der Waals surface area contributed by atoms with Crippen molar-refractivity contribution in [2.24, 2.45) is 0 Å². The molecule has 0 saturated heterocycles. The maximum Gasteiger partial charge on any atom is 0.252 e. The van der Waals surface area contributed by atoms with Crippen LogP contribution in [0, 0.1) is 17.1 Å². The highest BCUT2D eigenvalue weighted by molar-refractivity contribution is 5.53. The zero-order valence-corrected chi connectivity index (χ0v) is 11.7. The Morgan fingerprint density at radius 2 is 2.00 bits per heavy atom. The van der Waals surface area contributed by atoms with Crippen LogP contribution in [0.5, 0.6) is 0 Å². The lowest BCUT2D eigenvalue weighted by atomic mass is 10.3. The molecule has 0 aliphatic carbocycles. The van der Waals surface area contributed by atoms with E-state index in [1.165, 1.54) is 23.1 Å². The Balaban J connectivity index is 1.81. The molecule has 0 aliphatic heterocycles. The van der Waals surface area contributed by atoms with E-state index in [0.717, 1.165) is 0 Å².